The van der Waals surface area contributed by atoms with Gasteiger partial charge < -0.3 is 4.52 Å². The third-order valence-corrected chi connectivity index (χ3v) is 6.22. The van der Waals surface area contributed by atoms with E-state index in [1.807, 2.05) is 39.8 Å². The van der Waals surface area contributed by atoms with Crippen LogP contribution in [0.15, 0.2) is 64.5 Å². The van der Waals surface area contributed by atoms with Gasteiger partial charge in [0.05, 0.1) is 30.5 Å². The van der Waals surface area contributed by atoms with Crippen molar-refractivity contribution in [1.82, 2.24) is 29.3 Å². The third kappa shape index (κ3) is 2.59. The first kappa shape index (κ1) is 16.5. The van der Waals surface area contributed by atoms with Gasteiger partial charge in [-0.15, -0.1) is 0 Å². The fraction of sp³-hybridized carbons (Fsp3) is 0.333. The van der Waals surface area contributed by atoms with Gasteiger partial charge in [0.25, 0.3) is 0 Å². The minimum absolute atomic E-state index is 0.0143. The topological polar surface area (TPSA) is 83.7 Å². The molecule has 8 heteroatoms. The van der Waals surface area contributed by atoms with E-state index in [9.17, 15) is 4.79 Å². The Bertz CT molecular complexity index is 1200. The fourth-order valence-electron chi connectivity index (χ4n) is 4.55. The van der Waals surface area contributed by atoms with Gasteiger partial charge >= 0.3 is 5.69 Å². The molecule has 8 nitrogen and oxygen atoms in total. The van der Waals surface area contributed by atoms with Gasteiger partial charge in [-0.2, -0.15) is 10.2 Å². The van der Waals surface area contributed by atoms with Crippen LogP contribution in [0.1, 0.15) is 48.8 Å². The zero-order valence-electron chi connectivity index (χ0n) is 15.8. The minimum atomic E-state index is 0.0143. The van der Waals surface area contributed by atoms with Gasteiger partial charge in [-0.05, 0) is 24.8 Å². The van der Waals surface area contributed by atoms with E-state index in [1.54, 1.807) is 17.1 Å². The molecule has 1 aliphatic carbocycles. The highest BCUT2D eigenvalue weighted by molar-refractivity contribution is 5.58. The first-order valence-corrected chi connectivity index (χ1v) is 9.96. The summed E-state index contributed by atoms with van der Waals surface area (Å²) in [5, 5.41) is 12.9. The number of hydrogen-bond donors (Lipinski definition) is 0. The Hall–Kier alpha value is -3.42. The van der Waals surface area contributed by atoms with Crippen molar-refractivity contribution in [3.05, 3.63) is 77.1 Å². The standard InChI is InChI=1S/C21H20N6O2/c28-21-26-19(14-4-2-1-3-5-14)6-7-20(26)24-27(21)18-8-17(9-18)25-12-15(10-22-25)16-11-23-29-13-16/h1-5,10-13,17-19H,6-9H2/t17?,18?,19-/m0/s1. The van der Waals surface area contributed by atoms with Gasteiger partial charge in [0, 0.05) is 23.7 Å². The molecular weight excluding hydrogens is 368 g/mol. The number of nitrogens with zero attached hydrogens (tertiary/aromatic N) is 6. The predicted octanol–water partition coefficient (Wildman–Crippen LogP) is 3.01. The Labute approximate surface area is 166 Å². The van der Waals surface area contributed by atoms with Crippen molar-refractivity contribution < 1.29 is 4.52 Å². The lowest BCUT2D eigenvalue weighted by atomic mass is 9.87. The van der Waals surface area contributed by atoms with E-state index in [1.165, 1.54) is 5.56 Å². The van der Waals surface area contributed by atoms with Gasteiger partial charge in [0.15, 0.2) is 0 Å². The largest absolute Gasteiger partial charge is 0.364 e. The molecular formula is C21H20N6O2. The highest BCUT2D eigenvalue weighted by Crippen LogP contribution is 2.41. The summed E-state index contributed by atoms with van der Waals surface area (Å²) in [4.78, 5) is 13.1. The summed E-state index contributed by atoms with van der Waals surface area (Å²) < 4.78 is 10.5. The smallest absolute Gasteiger partial charge is 0.346 e. The SMILES string of the molecule is O=c1n(C2CC(n3cc(-c4cnoc4)cn3)C2)nc2n1[C@H](c1ccccc1)CC2. The average Bonchev–Trinajstić information content (AvgIpc) is 3.48. The molecule has 4 heterocycles. The maximum atomic E-state index is 13.1. The number of hydrogen-bond acceptors (Lipinski definition) is 5. The molecule has 0 radical (unpaired) electrons. The van der Waals surface area contributed by atoms with Gasteiger partial charge in [-0.1, -0.05) is 35.5 Å². The van der Waals surface area contributed by atoms with E-state index >= 15 is 0 Å². The Morgan fingerprint density at radius 1 is 1.03 bits per heavy atom. The molecule has 0 bridgehead atoms. The Balaban J connectivity index is 1.21. The van der Waals surface area contributed by atoms with Crippen LogP contribution in [0.3, 0.4) is 0 Å². The Kier molecular flexibility index (Phi) is 3.59. The summed E-state index contributed by atoms with van der Waals surface area (Å²) in [6, 6.07) is 10.7. The van der Waals surface area contributed by atoms with Crippen LogP contribution >= 0.6 is 0 Å². The van der Waals surface area contributed by atoms with Crippen LogP contribution in [0.5, 0.6) is 0 Å². The minimum Gasteiger partial charge on any atom is -0.364 e. The van der Waals surface area contributed by atoms with E-state index in [-0.39, 0.29) is 23.8 Å². The summed E-state index contributed by atoms with van der Waals surface area (Å²) in [5.74, 6) is 0.904. The zero-order valence-corrected chi connectivity index (χ0v) is 15.8. The Morgan fingerprint density at radius 2 is 1.90 bits per heavy atom. The fourth-order valence-corrected chi connectivity index (χ4v) is 4.55. The summed E-state index contributed by atoms with van der Waals surface area (Å²) in [6.07, 6.45) is 10.6. The molecule has 0 unspecified atom stereocenters. The van der Waals surface area contributed by atoms with Gasteiger partial charge in [-0.25, -0.2) is 9.48 Å². The van der Waals surface area contributed by atoms with Gasteiger partial charge in [0.2, 0.25) is 0 Å². The molecule has 0 saturated heterocycles. The molecule has 146 valence electrons. The molecule has 3 aromatic heterocycles. The Morgan fingerprint density at radius 3 is 2.69 bits per heavy atom. The van der Waals surface area contributed by atoms with Crippen molar-refractivity contribution in [2.75, 3.05) is 0 Å². The van der Waals surface area contributed by atoms with Crippen LogP contribution in [-0.4, -0.2) is 29.3 Å². The lowest BCUT2D eigenvalue weighted by molar-refractivity contribution is 0.170. The molecule has 0 N–H and O–H groups in total. The quantitative estimate of drug-likeness (QED) is 0.537. The lowest BCUT2D eigenvalue weighted by Gasteiger charge is -2.34. The number of rotatable bonds is 4. The van der Waals surface area contributed by atoms with Gasteiger partial charge in [-0.3, -0.25) is 9.25 Å². The number of aromatic nitrogens is 6. The van der Waals surface area contributed by atoms with E-state index in [2.05, 4.69) is 27.5 Å². The van der Waals surface area contributed by atoms with E-state index in [4.69, 9.17) is 4.52 Å². The predicted molar refractivity (Wildman–Crippen MR) is 104 cm³/mol. The zero-order chi connectivity index (χ0) is 19.4. The molecule has 1 aromatic carbocycles. The highest BCUT2D eigenvalue weighted by atomic mass is 16.5. The molecule has 1 fully saturated rings. The van der Waals surface area contributed by atoms with Gasteiger partial charge in [0.1, 0.15) is 12.1 Å². The van der Waals surface area contributed by atoms with Crippen molar-refractivity contribution in [1.29, 1.82) is 0 Å². The van der Waals surface area contributed by atoms with Crippen LogP contribution in [0, 0.1) is 0 Å². The summed E-state index contributed by atoms with van der Waals surface area (Å²) in [7, 11) is 0. The summed E-state index contributed by atoms with van der Waals surface area (Å²) >= 11 is 0. The summed E-state index contributed by atoms with van der Waals surface area (Å²) in [6.45, 7) is 0. The van der Waals surface area contributed by atoms with Crippen LogP contribution in [0.25, 0.3) is 11.1 Å². The molecule has 0 amide bonds. The normalized spacial score (nSPS) is 23.1. The highest BCUT2D eigenvalue weighted by Gasteiger charge is 2.37. The number of benzene rings is 1. The summed E-state index contributed by atoms with van der Waals surface area (Å²) in [5.41, 5.74) is 3.09. The molecule has 1 saturated carbocycles. The van der Waals surface area contributed by atoms with Crippen LogP contribution in [0.2, 0.25) is 0 Å². The first-order chi connectivity index (χ1) is 14.3. The van der Waals surface area contributed by atoms with E-state index in [0.717, 1.165) is 42.6 Å². The number of aryl methyl sites for hydroxylation is 1. The van der Waals surface area contributed by atoms with Crippen LogP contribution in [-0.2, 0) is 6.42 Å². The van der Waals surface area contributed by atoms with E-state index in [0.29, 0.717) is 0 Å². The second kappa shape index (κ2) is 6.30. The van der Waals surface area contributed by atoms with Crippen molar-refractivity contribution in [3.8, 4) is 11.1 Å². The van der Waals surface area contributed by atoms with Crippen molar-refractivity contribution in [3.63, 3.8) is 0 Å². The molecule has 4 aromatic rings. The average molecular weight is 388 g/mol. The third-order valence-electron chi connectivity index (χ3n) is 6.22. The second-order valence-corrected chi connectivity index (χ2v) is 7.88. The molecule has 1 atom stereocenters. The van der Waals surface area contributed by atoms with Crippen molar-refractivity contribution in [2.45, 2.75) is 43.8 Å². The van der Waals surface area contributed by atoms with Crippen molar-refractivity contribution in [2.24, 2.45) is 0 Å². The van der Waals surface area contributed by atoms with Crippen LogP contribution in [0.4, 0.5) is 0 Å². The first-order valence-electron chi connectivity index (χ1n) is 9.96. The molecule has 0 spiro atoms. The van der Waals surface area contributed by atoms with Crippen molar-refractivity contribution >= 4 is 0 Å². The number of fused-ring (bicyclic) bond motifs is 1. The van der Waals surface area contributed by atoms with E-state index < -0.39 is 0 Å². The maximum Gasteiger partial charge on any atom is 0.346 e. The second-order valence-electron chi connectivity index (χ2n) is 7.88. The molecule has 1 aliphatic heterocycles. The molecule has 29 heavy (non-hydrogen) atoms. The maximum absolute atomic E-state index is 13.1. The molecule has 6 rings (SSSR count). The molecule has 2 aliphatic rings. The monoisotopic (exact) mass is 388 g/mol. The van der Waals surface area contributed by atoms with Crippen LogP contribution < -0.4 is 5.69 Å². The lowest BCUT2D eigenvalue weighted by Crippen LogP contribution is -2.37.